The van der Waals surface area contributed by atoms with E-state index in [1.807, 2.05) is 0 Å². The molecule has 0 spiro atoms. The number of ether oxygens (including phenoxy) is 7. The molecule has 0 aromatic rings. The third kappa shape index (κ3) is 16.9. The minimum atomic E-state index is -0.0589. The van der Waals surface area contributed by atoms with Gasteiger partial charge in [-0.3, -0.25) is 0 Å². The van der Waals surface area contributed by atoms with Crippen LogP contribution in [0.5, 0.6) is 0 Å². The Balaban J connectivity index is 1.65. The van der Waals surface area contributed by atoms with E-state index in [0.29, 0.717) is 79.2 Å². The summed E-state index contributed by atoms with van der Waals surface area (Å²) < 4.78 is 37.8. The Morgan fingerprint density at radius 2 is 1.26 bits per heavy atom. The Kier molecular flexibility index (Phi) is 17.6. The van der Waals surface area contributed by atoms with Gasteiger partial charge in [0.2, 0.25) is 0 Å². The van der Waals surface area contributed by atoms with Gasteiger partial charge in [0.05, 0.1) is 72.7 Å². The Hall–Kier alpha value is -0.970. The van der Waals surface area contributed by atoms with Crippen molar-refractivity contribution in [2.75, 3.05) is 85.8 Å². The highest BCUT2D eigenvalue weighted by atomic mass is 16.7. The molecule has 0 aromatic carbocycles. The second-order valence-corrected chi connectivity index (χ2v) is 5.68. The van der Waals surface area contributed by atoms with Crippen molar-refractivity contribution in [2.45, 2.75) is 25.6 Å². The smallest absolute Gasteiger partial charge is 0.157 e. The highest BCUT2D eigenvalue weighted by Crippen LogP contribution is 2.13. The standard InChI is InChI=1S/C17H33N3O7/c18-20-19-4-6-21-7-8-22-9-10-23-11-12-24-13-14-25-15-16-27-17-3-1-2-5-26-17/h17H,1-16H2. The van der Waals surface area contributed by atoms with E-state index in [-0.39, 0.29) is 6.29 Å². The summed E-state index contributed by atoms with van der Waals surface area (Å²) in [5.74, 6) is 0. The van der Waals surface area contributed by atoms with Gasteiger partial charge in [-0.15, -0.1) is 0 Å². The van der Waals surface area contributed by atoms with Crippen LogP contribution in [0.3, 0.4) is 0 Å². The zero-order valence-electron chi connectivity index (χ0n) is 16.1. The summed E-state index contributed by atoms with van der Waals surface area (Å²) in [7, 11) is 0. The van der Waals surface area contributed by atoms with E-state index < -0.39 is 0 Å². The van der Waals surface area contributed by atoms with Gasteiger partial charge in [0.15, 0.2) is 6.29 Å². The monoisotopic (exact) mass is 391 g/mol. The van der Waals surface area contributed by atoms with Crippen molar-refractivity contribution in [1.82, 2.24) is 0 Å². The normalized spacial score (nSPS) is 17.0. The lowest BCUT2D eigenvalue weighted by atomic mass is 10.2. The van der Waals surface area contributed by atoms with E-state index in [4.69, 9.17) is 38.7 Å². The second kappa shape index (κ2) is 19.8. The van der Waals surface area contributed by atoms with E-state index in [0.717, 1.165) is 19.4 Å². The lowest BCUT2D eigenvalue weighted by Crippen LogP contribution is -2.24. The fourth-order valence-electron chi connectivity index (χ4n) is 2.21. The summed E-state index contributed by atoms with van der Waals surface area (Å²) >= 11 is 0. The van der Waals surface area contributed by atoms with Crippen LogP contribution < -0.4 is 0 Å². The third-order valence-electron chi connectivity index (χ3n) is 3.56. The van der Waals surface area contributed by atoms with Crippen LogP contribution in [0.2, 0.25) is 0 Å². The molecule has 27 heavy (non-hydrogen) atoms. The number of azide groups is 1. The van der Waals surface area contributed by atoms with Gasteiger partial charge in [-0.1, -0.05) is 5.11 Å². The van der Waals surface area contributed by atoms with Gasteiger partial charge in [-0.2, -0.15) is 0 Å². The molecule has 158 valence electrons. The molecule has 10 heteroatoms. The van der Waals surface area contributed by atoms with Gasteiger partial charge in [0, 0.05) is 18.1 Å². The Labute approximate surface area is 161 Å². The first-order chi connectivity index (χ1) is 13.4. The maximum absolute atomic E-state index is 8.08. The number of hydrogen-bond acceptors (Lipinski definition) is 8. The van der Waals surface area contributed by atoms with Crippen LogP contribution in [-0.2, 0) is 33.2 Å². The molecule has 0 saturated carbocycles. The lowest BCUT2D eigenvalue weighted by Gasteiger charge is -2.22. The van der Waals surface area contributed by atoms with E-state index in [1.54, 1.807) is 0 Å². The molecule has 0 bridgehead atoms. The average Bonchev–Trinajstić information content (AvgIpc) is 2.70. The van der Waals surface area contributed by atoms with Crippen LogP contribution in [0, 0.1) is 0 Å². The maximum Gasteiger partial charge on any atom is 0.157 e. The van der Waals surface area contributed by atoms with Crippen molar-refractivity contribution in [3.63, 3.8) is 0 Å². The van der Waals surface area contributed by atoms with Crippen molar-refractivity contribution >= 4 is 0 Å². The van der Waals surface area contributed by atoms with Crippen molar-refractivity contribution in [2.24, 2.45) is 5.11 Å². The largest absolute Gasteiger partial charge is 0.379 e. The Morgan fingerprint density at radius 3 is 1.74 bits per heavy atom. The van der Waals surface area contributed by atoms with Crippen LogP contribution >= 0.6 is 0 Å². The predicted molar refractivity (Wildman–Crippen MR) is 97.7 cm³/mol. The number of hydrogen-bond donors (Lipinski definition) is 0. The summed E-state index contributed by atoms with van der Waals surface area (Å²) in [5, 5.41) is 3.36. The van der Waals surface area contributed by atoms with Gasteiger partial charge < -0.3 is 33.2 Å². The molecule has 1 atom stereocenters. The zero-order valence-corrected chi connectivity index (χ0v) is 16.1. The Morgan fingerprint density at radius 1 is 0.741 bits per heavy atom. The summed E-state index contributed by atoms with van der Waals surface area (Å²) in [6, 6.07) is 0. The zero-order chi connectivity index (χ0) is 19.3. The molecule has 1 aliphatic rings. The van der Waals surface area contributed by atoms with Gasteiger partial charge >= 0.3 is 0 Å². The molecule has 10 nitrogen and oxygen atoms in total. The van der Waals surface area contributed by atoms with E-state index >= 15 is 0 Å². The first-order valence-electron chi connectivity index (χ1n) is 9.56. The molecular formula is C17H33N3O7. The SMILES string of the molecule is [N-]=[N+]=NCCOCCOCCOCCOCCOCCOC1CCCCO1. The van der Waals surface area contributed by atoms with E-state index in [9.17, 15) is 0 Å². The van der Waals surface area contributed by atoms with Gasteiger partial charge in [-0.05, 0) is 24.8 Å². The topological polar surface area (TPSA) is 113 Å². The molecule has 1 rings (SSSR count). The highest BCUT2D eigenvalue weighted by Gasteiger charge is 2.13. The molecule has 1 heterocycles. The molecule has 0 aliphatic carbocycles. The summed E-state index contributed by atoms with van der Waals surface area (Å²) in [5.41, 5.74) is 8.08. The molecule has 0 aromatic heterocycles. The minimum Gasteiger partial charge on any atom is -0.379 e. The molecule has 1 unspecified atom stereocenters. The van der Waals surface area contributed by atoms with Crippen LogP contribution in [0.25, 0.3) is 10.4 Å². The number of nitrogens with zero attached hydrogens (tertiary/aromatic N) is 3. The lowest BCUT2D eigenvalue weighted by molar-refractivity contribution is -0.169. The fraction of sp³-hybridized carbons (Fsp3) is 1.00. The van der Waals surface area contributed by atoms with Crippen LogP contribution in [0.1, 0.15) is 19.3 Å². The van der Waals surface area contributed by atoms with Crippen molar-refractivity contribution < 1.29 is 33.2 Å². The quantitative estimate of drug-likeness (QED) is 0.143. The summed E-state index contributed by atoms with van der Waals surface area (Å²) in [6.07, 6.45) is 3.21. The first kappa shape index (κ1) is 24.1. The molecule has 1 saturated heterocycles. The van der Waals surface area contributed by atoms with Crippen molar-refractivity contribution in [3.8, 4) is 0 Å². The molecular weight excluding hydrogens is 358 g/mol. The van der Waals surface area contributed by atoms with Crippen LogP contribution in [0.15, 0.2) is 5.11 Å². The molecule has 0 amide bonds. The summed E-state index contributed by atoms with van der Waals surface area (Å²) in [4.78, 5) is 2.63. The molecule has 0 radical (unpaired) electrons. The molecule has 1 aliphatic heterocycles. The van der Waals surface area contributed by atoms with Gasteiger partial charge in [0.25, 0.3) is 0 Å². The Bertz CT molecular complexity index is 364. The van der Waals surface area contributed by atoms with E-state index in [2.05, 4.69) is 10.0 Å². The van der Waals surface area contributed by atoms with Crippen molar-refractivity contribution in [3.05, 3.63) is 10.4 Å². The van der Waals surface area contributed by atoms with Crippen molar-refractivity contribution in [1.29, 1.82) is 0 Å². The molecule has 1 fully saturated rings. The fourth-order valence-corrected chi connectivity index (χ4v) is 2.21. The molecule has 0 N–H and O–H groups in total. The average molecular weight is 391 g/mol. The van der Waals surface area contributed by atoms with Gasteiger partial charge in [0.1, 0.15) is 0 Å². The third-order valence-corrected chi connectivity index (χ3v) is 3.56. The predicted octanol–water partition coefficient (Wildman–Crippen LogP) is 1.92. The van der Waals surface area contributed by atoms with E-state index in [1.165, 1.54) is 6.42 Å². The maximum atomic E-state index is 8.08. The van der Waals surface area contributed by atoms with Crippen LogP contribution in [0.4, 0.5) is 0 Å². The number of rotatable bonds is 19. The van der Waals surface area contributed by atoms with Gasteiger partial charge in [-0.25, -0.2) is 0 Å². The second-order valence-electron chi connectivity index (χ2n) is 5.68. The summed E-state index contributed by atoms with van der Waals surface area (Å²) in [6.45, 7) is 6.75. The first-order valence-corrected chi connectivity index (χ1v) is 9.56. The van der Waals surface area contributed by atoms with Crippen LogP contribution in [-0.4, -0.2) is 92.1 Å². The minimum absolute atomic E-state index is 0.0589. The highest BCUT2D eigenvalue weighted by molar-refractivity contribution is 4.53.